The van der Waals surface area contributed by atoms with Crippen molar-refractivity contribution in [3.05, 3.63) is 17.4 Å². The number of furan rings is 1. The van der Waals surface area contributed by atoms with E-state index in [1.54, 1.807) is 0 Å². The summed E-state index contributed by atoms with van der Waals surface area (Å²) < 4.78 is 5.46. The van der Waals surface area contributed by atoms with Gasteiger partial charge in [0.2, 0.25) is 0 Å². The van der Waals surface area contributed by atoms with Gasteiger partial charge in [0.1, 0.15) is 5.76 Å². The van der Waals surface area contributed by atoms with Crippen LogP contribution in [-0.2, 0) is 13.0 Å². The highest BCUT2D eigenvalue weighted by Gasteiger charge is 2.18. The fourth-order valence-corrected chi connectivity index (χ4v) is 1.89. The molecule has 2 heterocycles. The molecule has 2 nitrogen and oxygen atoms in total. The first-order chi connectivity index (χ1) is 5.79. The van der Waals surface area contributed by atoms with E-state index in [0.717, 1.165) is 36.9 Å². The lowest BCUT2D eigenvalue weighted by molar-refractivity contribution is 0.234. The molecule has 1 aromatic heterocycles. The monoisotopic (exact) mass is 183 g/mol. The molecule has 0 radical (unpaired) electrons. The lowest BCUT2D eigenvalue weighted by atomic mass is 10.1. The van der Waals surface area contributed by atoms with Crippen LogP contribution in [-0.4, -0.2) is 18.0 Å². The minimum Gasteiger partial charge on any atom is -0.453 e. The molecule has 1 aliphatic rings. The van der Waals surface area contributed by atoms with Crippen LogP contribution in [0.5, 0.6) is 0 Å². The van der Waals surface area contributed by atoms with Crippen LogP contribution in [0.2, 0.25) is 0 Å². The zero-order valence-electron chi connectivity index (χ0n) is 7.21. The fraction of sp³-hybridized carbons (Fsp3) is 0.556. The second-order valence-electron chi connectivity index (χ2n) is 3.15. The van der Waals surface area contributed by atoms with Crippen molar-refractivity contribution in [2.75, 3.05) is 13.1 Å². The van der Waals surface area contributed by atoms with E-state index in [-0.39, 0.29) is 0 Å². The summed E-state index contributed by atoms with van der Waals surface area (Å²) in [6, 6.07) is 2.03. The Bertz CT molecular complexity index is 282. The molecule has 0 saturated carbocycles. The van der Waals surface area contributed by atoms with Gasteiger partial charge in [0.25, 0.3) is 0 Å². The molecule has 2 rings (SSSR count). The number of fused-ring (bicyclic) bond motifs is 1. The molecule has 0 fully saturated rings. The summed E-state index contributed by atoms with van der Waals surface area (Å²) in [5.74, 6) is 1.10. The van der Waals surface area contributed by atoms with Gasteiger partial charge < -0.3 is 4.42 Å². The standard InChI is InChI=1S/C9H13NOS/c1-2-10-4-3-7-5-9(12)11-8(7)6-10/h5,12H,2-4,6H2,1H3. The Morgan fingerprint density at radius 1 is 1.67 bits per heavy atom. The number of hydrogen-bond acceptors (Lipinski definition) is 3. The average Bonchev–Trinajstić information content (AvgIpc) is 2.43. The molecule has 0 bridgehead atoms. The van der Waals surface area contributed by atoms with Crippen LogP contribution < -0.4 is 0 Å². The quantitative estimate of drug-likeness (QED) is 0.670. The minimum atomic E-state index is 0.748. The molecule has 66 valence electrons. The molecule has 0 amide bonds. The Labute approximate surface area is 78.0 Å². The van der Waals surface area contributed by atoms with Gasteiger partial charge in [-0.05, 0) is 24.6 Å². The number of thiol groups is 1. The Morgan fingerprint density at radius 3 is 3.25 bits per heavy atom. The van der Waals surface area contributed by atoms with Crippen molar-refractivity contribution >= 4 is 12.6 Å². The van der Waals surface area contributed by atoms with Crippen LogP contribution in [0, 0.1) is 0 Å². The van der Waals surface area contributed by atoms with Crippen molar-refractivity contribution in [2.45, 2.75) is 25.0 Å². The Kier molecular flexibility index (Phi) is 2.15. The number of rotatable bonds is 1. The molecule has 1 aromatic rings. The summed E-state index contributed by atoms with van der Waals surface area (Å²) >= 11 is 4.18. The van der Waals surface area contributed by atoms with Crippen LogP contribution >= 0.6 is 12.6 Å². The summed E-state index contributed by atoms with van der Waals surface area (Å²) in [4.78, 5) is 2.37. The maximum absolute atomic E-state index is 5.46. The van der Waals surface area contributed by atoms with E-state index in [2.05, 4.69) is 24.5 Å². The van der Waals surface area contributed by atoms with Crippen LogP contribution in [0.3, 0.4) is 0 Å². The zero-order valence-corrected chi connectivity index (χ0v) is 8.10. The zero-order chi connectivity index (χ0) is 8.55. The minimum absolute atomic E-state index is 0.748. The molecule has 1 aliphatic heterocycles. The molecular weight excluding hydrogens is 170 g/mol. The largest absolute Gasteiger partial charge is 0.453 e. The van der Waals surface area contributed by atoms with Gasteiger partial charge in [-0.25, -0.2) is 0 Å². The molecule has 0 atom stereocenters. The lowest BCUT2D eigenvalue weighted by Crippen LogP contribution is -2.29. The summed E-state index contributed by atoms with van der Waals surface area (Å²) in [5.41, 5.74) is 1.34. The van der Waals surface area contributed by atoms with Gasteiger partial charge in [-0.2, -0.15) is 0 Å². The summed E-state index contributed by atoms with van der Waals surface area (Å²) in [7, 11) is 0. The molecular formula is C9H13NOS. The second-order valence-corrected chi connectivity index (χ2v) is 3.59. The topological polar surface area (TPSA) is 16.4 Å². The molecule has 0 aliphatic carbocycles. The van der Waals surface area contributed by atoms with Crippen LogP contribution in [0.4, 0.5) is 0 Å². The highest BCUT2D eigenvalue weighted by Crippen LogP contribution is 2.24. The average molecular weight is 183 g/mol. The molecule has 0 spiro atoms. The Hall–Kier alpha value is -0.410. The summed E-state index contributed by atoms with van der Waals surface area (Å²) in [6.45, 7) is 5.38. The first-order valence-corrected chi connectivity index (χ1v) is 4.77. The van der Waals surface area contributed by atoms with Gasteiger partial charge >= 0.3 is 0 Å². The van der Waals surface area contributed by atoms with Crippen LogP contribution in [0.25, 0.3) is 0 Å². The van der Waals surface area contributed by atoms with Crippen molar-refractivity contribution < 1.29 is 4.42 Å². The van der Waals surface area contributed by atoms with E-state index >= 15 is 0 Å². The first kappa shape index (κ1) is 8.20. The Balaban J connectivity index is 2.22. The van der Waals surface area contributed by atoms with Crippen molar-refractivity contribution in [3.8, 4) is 0 Å². The molecule has 0 N–H and O–H groups in total. The summed E-state index contributed by atoms with van der Waals surface area (Å²) in [6.07, 6.45) is 1.10. The van der Waals surface area contributed by atoms with E-state index in [0.29, 0.717) is 0 Å². The van der Waals surface area contributed by atoms with Crippen LogP contribution in [0.15, 0.2) is 15.6 Å². The Morgan fingerprint density at radius 2 is 2.50 bits per heavy atom. The SMILES string of the molecule is CCN1CCc2cc(S)oc2C1. The molecule has 0 unspecified atom stereocenters. The smallest absolute Gasteiger partial charge is 0.157 e. The number of likely N-dealkylation sites (N-methyl/N-ethyl adjacent to an activating group) is 1. The third-order valence-electron chi connectivity index (χ3n) is 2.40. The van der Waals surface area contributed by atoms with Gasteiger partial charge in [-0.3, -0.25) is 4.90 Å². The normalized spacial score (nSPS) is 17.8. The molecule has 0 aromatic carbocycles. The molecule has 0 saturated heterocycles. The van der Waals surface area contributed by atoms with Crippen LogP contribution in [0.1, 0.15) is 18.2 Å². The second kappa shape index (κ2) is 3.15. The highest BCUT2D eigenvalue weighted by atomic mass is 32.1. The van der Waals surface area contributed by atoms with E-state index in [9.17, 15) is 0 Å². The van der Waals surface area contributed by atoms with E-state index in [1.165, 1.54) is 5.56 Å². The highest BCUT2D eigenvalue weighted by molar-refractivity contribution is 7.80. The molecule has 3 heteroatoms. The van der Waals surface area contributed by atoms with Crippen molar-refractivity contribution in [2.24, 2.45) is 0 Å². The predicted octanol–water partition coefficient (Wildman–Crippen LogP) is 1.95. The predicted molar refractivity (Wildman–Crippen MR) is 50.6 cm³/mol. The van der Waals surface area contributed by atoms with Gasteiger partial charge in [0, 0.05) is 6.54 Å². The third-order valence-corrected chi connectivity index (χ3v) is 2.62. The molecule has 12 heavy (non-hydrogen) atoms. The van der Waals surface area contributed by atoms with Gasteiger partial charge in [-0.15, -0.1) is 12.6 Å². The third kappa shape index (κ3) is 1.39. The fourth-order valence-electron chi connectivity index (χ4n) is 1.63. The van der Waals surface area contributed by atoms with Gasteiger partial charge in [0.15, 0.2) is 5.09 Å². The van der Waals surface area contributed by atoms with Gasteiger partial charge in [-0.1, -0.05) is 6.92 Å². The van der Waals surface area contributed by atoms with E-state index in [4.69, 9.17) is 4.42 Å². The van der Waals surface area contributed by atoms with Crippen molar-refractivity contribution in [3.63, 3.8) is 0 Å². The van der Waals surface area contributed by atoms with Gasteiger partial charge in [0.05, 0.1) is 6.54 Å². The van der Waals surface area contributed by atoms with Crippen molar-refractivity contribution in [1.82, 2.24) is 4.90 Å². The number of hydrogen-bond donors (Lipinski definition) is 1. The number of nitrogens with zero attached hydrogens (tertiary/aromatic N) is 1. The van der Waals surface area contributed by atoms with E-state index in [1.807, 2.05) is 6.07 Å². The first-order valence-electron chi connectivity index (χ1n) is 4.32. The lowest BCUT2D eigenvalue weighted by Gasteiger charge is -2.23. The van der Waals surface area contributed by atoms with E-state index < -0.39 is 0 Å². The summed E-state index contributed by atoms with van der Waals surface area (Å²) in [5, 5.41) is 0.748. The maximum Gasteiger partial charge on any atom is 0.157 e. The maximum atomic E-state index is 5.46. The van der Waals surface area contributed by atoms with Crippen molar-refractivity contribution in [1.29, 1.82) is 0 Å².